The average molecular weight is 391 g/mol. The highest BCUT2D eigenvalue weighted by Crippen LogP contribution is 2.38. The van der Waals surface area contributed by atoms with Crippen LogP contribution in [0.5, 0.6) is 5.75 Å². The summed E-state index contributed by atoms with van der Waals surface area (Å²) in [5.74, 6) is 0.186. The van der Waals surface area contributed by atoms with E-state index in [4.69, 9.17) is 5.10 Å². The molecule has 1 aromatic heterocycles. The highest BCUT2D eigenvalue weighted by Gasteiger charge is 2.32. The number of anilines is 1. The molecule has 0 fully saturated rings. The average Bonchev–Trinajstić information content (AvgIpc) is 3.31. The van der Waals surface area contributed by atoms with Gasteiger partial charge in [0.2, 0.25) is 0 Å². The summed E-state index contributed by atoms with van der Waals surface area (Å²) in [6.07, 6.45) is 2.66. The smallest absolute Gasteiger partial charge is 0.269 e. The lowest BCUT2D eigenvalue weighted by molar-refractivity contribution is -0.384. The van der Waals surface area contributed by atoms with E-state index in [9.17, 15) is 15.2 Å². The van der Waals surface area contributed by atoms with Crippen LogP contribution in [0, 0.1) is 17.0 Å². The summed E-state index contributed by atoms with van der Waals surface area (Å²) in [7, 11) is 0. The minimum atomic E-state index is -0.415. The number of phenols is 1. The van der Waals surface area contributed by atoms with Gasteiger partial charge in [0.1, 0.15) is 5.75 Å². The molecule has 148 valence electrons. The first kappa shape index (κ1) is 18.7. The van der Waals surface area contributed by atoms with Crippen molar-refractivity contribution in [2.45, 2.75) is 32.9 Å². The van der Waals surface area contributed by atoms with Crippen LogP contribution in [-0.4, -0.2) is 25.5 Å². The Morgan fingerprint density at radius 3 is 2.62 bits per heavy atom. The van der Waals surface area contributed by atoms with Crippen LogP contribution in [-0.2, 0) is 6.54 Å². The number of aromatic nitrogens is 2. The van der Waals surface area contributed by atoms with Gasteiger partial charge < -0.3 is 5.11 Å². The standard InChI is InChI=1S/C21H21N5O3/c1-3-24-13-19(14(2)22-24)21-12-20(15-5-4-6-18(27)11-15)23-25(21)16-7-9-17(10-8-16)26(28)29/h4-11,13,21,27H,3,12H2,1-2H3/t21-/m1/s1. The summed E-state index contributed by atoms with van der Waals surface area (Å²) >= 11 is 0. The van der Waals surface area contributed by atoms with Crippen molar-refractivity contribution in [3.8, 4) is 5.75 Å². The predicted molar refractivity (Wildman–Crippen MR) is 110 cm³/mol. The number of nitro groups is 1. The van der Waals surface area contributed by atoms with Crippen LogP contribution in [0.2, 0.25) is 0 Å². The molecular weight excluding hydrogens is 370 g/mol. The summed E-state index contributed by atoms with van der Waals surface area (Å²) in [4.78, 5) is 10.6. The minimum absolute atomic E-state index is 0.0386. The van der Waals surface area contributed by atoms with Crippen LogP contribution >= 0.6 is 0 Å². The molecule has 0 saturated heterocycles. The monoisotopic (exact) mass is 391 g/mol. The second-order valence-electron chi connectivity index (χ2n) is 6.96. The zero-order valence-corrected chi connectivity index (χ0v) is 16.2. The van der Waals surface area contributed by atoms with Crippen LogP contribution in [0.1, 0.15) is 36.2 Å². The fourth-order valence-electron chi connectivity index (χ4n) is 3.60. The SMILES string of the molecule is CCn1cc([C@H]2CC(c3cccc(O)c3)=NN2c2ccc([N+](=O)[O-])cc2)c(C)n1. The van der Waals surface area contributed by atoms with Gasteiger partial charge in [0.05, 0.1) is 28.1 Å². The maximum atomic E-state index is 11.0. The van der Waals surface area contributed by atoms with Crippen molar-refractivity contribution >= 4 is 17.1 Å². The summed E-state index contributed by atoms with van der Waals surface area (Å²) in [6.45, 7) is 4.78. The van der Waals surface area contributed by atoms with E-state index in [1.54, 1.807) is 30.3 Å². The van der Waals surface area contributed by atoms with Gasteiger partial charge in [0.25, 0.3) is 5.69 Å². The maximum absolute atomic E-state index is 11.0. The highest BCUT2D eigenvalue weighted by atomic mass is 16.6. The van der Waals surface area contributed by atoms with Crippen molar-refractivity contribution < 1.29 is 10.0 Å². The lowest BCUT2D eigenvalue weighted by Crippen LogP contribution is -2.18. The molecule has 1 atom stereocenters. The van der Waals surface area contributed by atoms with Gasteiger partial charge in [-0.15, -0.1) is 0 Å². The maximum Gasteiger partial charge on any atom is 0.269 e. The fraction of sp³-hybridized carbons (Fsp3) is 0.238. The number of hydrogen-bond acceptors (Lipinski definition) is 6. The number of phenolic OH excluding ortho intramolecular Hbond substituents is 1. The molecular formula is C21H21N5O3. The molecule has 3 aromatic rings. The number of nitro benzene ring substituents is 1. The highest BCUT2D eigenvalue weighted by molar-refractivity contribution is 6.03. The Morgan fingerprint density at radius 1 is 1.24 bits per heavy atom. The molecule has 0 radical (unpaired) electrons. The predicted octanol–water partition coefficient (Wildman–Crippen LogP) is 4.18. The zero-order chi connectivity index (χ0) is 20.5. The zero-order valence-electron chi connectivity index (χ0n) is 16.2. The van der Waals surface area contributed by atoms with Crippen molar-refractivity contribution in [3.05, 3.63) is 81.7 Å². The first-order valence-electron chi connectivity index (χ1n) is 9.40. The van der Waals surface area contributed by atoms with Crippen molar-refractivity contribution in [1.82, 2.24) is 9.78 Å². The molecule has 8 heteroatoms. The van der Waals surface area contributed by atoms with E-state index in [-0.39, 0.29) is 17.5 Å². The van der Waals surface area contributed by atoms with E-state index in [1.807, 2.05) is 35.8 Å². The molecule has 0 spiro atoms. The third kappa shape index (κ3) is 3.56. The third-order valence-corrected chi connectivity index (χ3v) is 5.08. The summed E-state index contributed by atoms with van der Waals surface area (Å²) in [6, 6.07) is 13.3. The summed E-state index contributed by atoms with van der Waals surface area (Å²) in [5.41, 5.74) is 4.48. The number of benzene rings is 2. The number of aromatic hydroxyl groups is 1. The van der Waals surface area contributed by atoms with Crippen molar-refractivity contribution in [2.75, 3.05) is 5.01 Å². The number of rotatable bonds is 5. The van der Waals surface area contributed by atoms with Crippen molar-refractivity contribution in [2.24, 2.45) is 5.10 Å². The van der Waals surface area contributed by atoms with Gasteiger partial charge in [-0.2, -0.15) is 10.2 Å². The lowest BCUT2D eigenvalue weighted by Gasteiger charge is -2.23. The number of nitrogens with zero attached hydrogens (tertiary/aromatic N) is 5. The normalized spacial score (nSPS) is 16.1. The van der Waals surface area contributed by atoms with Crippen LogP contribution in [0.15, 0.2) is 59.8 Å². The number of non-ortho nitro benzene ring substituents is 1. The van der Waals surface area contributed by atoms with Gasteiger partial charge in [-0.25, -0.2) is 0 Å². The molecule has 0 saturated carbocycles. The lowest BCUT2D eigenvalue weighted by atomic mass is 9.98. The van der Waals surface area contributed by atoms with Gasteiger partial charge in [-0.1, -0.05) is 12.1 Å². The first-order chi connectivity index (χ1) is 14.0. The Kier molecular flexibility index (Phi) is 4.75. The first-order valence-corrected chi connectivity index (χ1v) is 9.40. The molecule has 0 amide bonds. The molecule has 8 nitrogen and oxygen atoms in total. The summed E-state index contributed by atoms with van der Waals surface area (Å²) in [5, 5.41) is 32.1. The Hall–Kier alpha value is -3.68. The quantitative estimate of drug-likeness (QED) is 0.520. The molecule has 1 N–H and O–H groups in total. The molecule has 0 aliphatic carbocycles. The molecule has 1 aliphatic heterocycles. The van der Waals surface area contributed by atoms with Gasteiger partial charge in [-0.3, -0.25) is 19.8 Å². The third-order valence-electron chi connectivity index (χ3n) is 5.08. The van der Waals surface area contributed by atoms with Gasteiger partial charge in [-0.05, 0) is 38.1 Å². The van der Waals surface area contributed by atoms with E-state index < -0.39 is 4.92 Å². The number of aryl methyl sites for hydroxylation is 2. The molecule has 0 bridgehead atoms. The van der Waals surface area contributed by atoms with Crippen molar-refractivity contribution in [3.63, 3.8) is 0 Å². The molecule has 2 heterocycles. The molecule has 4 rings (SSSR count). The van der Waals surface area contributed by atoms with Gasteiger partial charge in [0, 0.05) is 42.4 Å². The number of hydrazone groups is 1. The number of hydrogen-bond donors (Lipinski definition) is 1. The van der Waals surface area contributed by atoms with Gasteiger partial charge in [0.15, 0.2) is 0 Å². The van der Waals surface area contributed by atoms with Crippen molar-refractivity contribution in [1.29, 1.82) is 0 Å². The Morgan fingerprint density at radius 2 is 2.00 bits per heavy atom. The second kappa shape index (κ2) is 7.38. The van der Waals surface area contributed by atoms with Crippen LogP contribution in [0.3, 0.4) is 0 Å². The topological polar surface area (TPSA) is 96.8 Å². The molecule has 29 heavy (non-hydrogen) atoms. The van der Waals surface area contributed by atoms with E-state index in [2.05, 4.69) is 5.10 Å². The minimum Gasteiger partial charge on any atom is -0.508 e. The van der Waals surface area contributed by atoms with E-state index in [1.165, 1.54) is 12.1 Å². The van der Waals surface area contributed by atoms with E-state index in [0.29, 0.717) is 6.42 Å². The molecule has 0 unspecified atom stereocenters. The summed E-state index contributed by atoms with van der Waals surface area (Å²) < 4.78 is 1.89. The second-order valence-corrected chi connectivity index (χ2v) is 6.96. The van der Waals surface area contributed by atoms with Gasteiger partial charge >= 0.3 is 0 Å². The van der Waals surface area contributed by atoms with Crippen LogP contribution < -0.4 is 5.01 Å². The largest absolute Gasteiger partial charge is 0.508 e. The van der Waals surface area contributed by atoms with Crippen LogP contribution in [0.25, 0.3) is 0 Å². The van der Waals surface area contributed by atoms with Crippen LogP contribution in [0.4, 0.5) is 11.4 Å². The van der Waals surface area contributed by atoms with E-state index in [0.717, 1.165) is 34.8 Å². The fourth-order valence-corrected chi connectivity index (χ4v) is 3.60. The molecule has 1 aliphatic rings. The Balaban J connectivity index is 1.76. The Bertz CT molecular complexity index is 1090. The van der Waals surface area contributed by atoms with E-state index >= 15 is 0 Å². The Labute approximate surface area is 167 Å². The molecule has 2 aromatic carbocycles.